The maximum Gasteiger partial charge on any atom is 0.306 e. The fourth-order valence-electron chi connectivity index (χ4n) is 1.76. The summed E-state index contributed by atoms with van der Waals surface area (Å²) in [5, 5.41) is 21.2. The van der Waals surface area contributed by atoms with E-state index in [4.69, 9.17) is 4.74 Å². The third-order valence-electron chi connectivity index (χ3n) is 2.66. The SMILES string of the molecule is CCOC(=O)CC(C[N+](=O)[O-])c1ccc([N+](=O)[O-])cc1. The number of nitrogens with zero attached hydrogens (tertiary/aromatic N) is 2. The summed E-state index contributed by atoms with van der Waals surface area (Å²) in [6, 6.07) is 5.36. The van der Waals surface area contributed by atoms with E-state index in [9.17, 15) is 25.0 Å². The van der Waals surface area contributed by atoms with Crippen LogP contribution in [0.15, 0.2) is 24.3 Å². The molecule has 0 radical (unpaired) electrons. The molecule has 0 spiro atoms. The van der Waals surface area contributed by atoms with Crippen molar-refractivity contribution in [3.63, 3.8) is 0 Å². The maximum atomic E-state index is 11.4. The molecule has 0 saturated heterocycles. The Morgan fingerprint density at radius 1 is 1.25 bits per heavy atom. The Bertz CT molecular complexity index is 499. The van der Waals surface area contributed by atoms with E-state index in [-0.39, 0.29) is 18.7 Å². The number of hydrogen-bond donors (Lipinski definition) is 0. The molecule has 0 fully saturated rings. The minimum absolute atomic E-state index is 0.107. The van der Waals surface area contributed by atoms with Crippen LogP contribution in [0, 0.1) is 20.2 Å². The third-order valence-corrected chi connectivity index (χ3v) is 2.66. The zero-order chi connectivity index (χ0) is 15.1. The first kappa shape index (κ1) is 15.5. The summed E-state index contributed by atoms with van der Waals surface area (Å²) < 4.78 is 4.77. The van der Waals surface area contributed by atoms with Gasteiger partial charge in [0.25, 0.3) is 5.69 Å². The Hall–Kier alpha value is -2.51. The van der Waals surface area contributed by atoms with Crippen LogP contribution in [0.5, 0.6) is 0 Å². The number of hydrogen-bond acceptors (Lipinski definition) is 6. The number of nitro groups is 2. The van der Waals surface area contributed by atoms with Crippen LogP contribution in [-0.2, 0) is 9.53 Å². The Labute approximate surface area is 114 Å². The summed E-state index contributed by atoms with van der Waals surface area (Å²) in [7, 11) is 0. The highest BCUT2D eigenvalue weighted by molar-refractivity contribution is 5.70. The van der Waals surface area contributed by atoms with Gasteiger partial charge in [-0.1, -0.05) is 12.1 Å². The van der Waals surface area contributed by atoms with E-state index in [1.54, 1.807) is 6.92 Å². The summed E-state index contributed by atoms with van der Waals surface area (Å²) in [6.07, 6.45) is -0.132. The standard InChI is InChI=1S/C12H14N2O6/c1-2-20-12(15)7-10(8-13(16)17)9-3-5-11(6-4-9)14(18)19/h3-6,10H,2,7-8H2,1H3. The zero-order valence-electron chi connectivity index (χ0n) is 10.9. The van der Waals surface area contributed by atoms with Gasteiger partial charge in [0.1, 0.15) is 0 Å². The number of carbonyl (C=O) groups is 1. The zero-order valence-corrected chi connectivity index (χ0v) is 10.9. The van der Waals surface area contributed by atoms with Gasteiger partial charge in [0.2, 0.25) is 6.54 Å². The molecule has 20 heavy (non-hydrogen) atoms. The van der Waals surface area contributed by atoms with E-state index in [2.05, 4.69) is 0 Å². The van der Waals surface area contributed by atoms with Gasteiger partial charge in [-0.05, 0) is 12.5 Å². The molecule has 0 amide bonds. The largest absolute Gasteiger partial charge is 0.466 e. The van der Waals surface area contributed by atoms with Gasteiger partial charge in [-0.3, -0.25) is 25.0 Å². The predicted molar refractivity (Wildman–Crippen MR) is 68.9 cm³/mol. The highest BCUT2D eigenvalue weighted by atomic mass is 16.6. The number of benzene rings is 1. The van der Waals surface area contributed by atoms with Crippen LogP contribution in [0.4, 0.5) is 5.69 Å². The molecular formula is C12H14N2O6. The minimum Gasteiger partial charge on any atom is -0.466 e. The number of non-ortho nitro benzene ring substituents is 1. The van der Waals surface area contributed by atoms with Gasteiger partial charge in [0, 0.05) is 17.1 Å². The molecule has 8 nitrogen and oxygen atoms in total. The van der Waals surface area contributed by atoms with Gasteiger partial charge in [-0.25, -0.2) is 0 Å². The number of nitro benzene ring substituents is 1. The molecule has 1 aromatic carbocycles. The van der Waals surface area contributed by atoms with Gasteiger partial charge in [-0.2, -0.15) is 0 Å². The molecule has 0 aliphatic heterocycles. The molecule has 0 heterocycles. The molecule has 1 atom stereocenters. The first-order chi connectivity index (χ1) is 9.43. The first-order valence-corrected chi connectivity index (χ1v) is 5.95. The van der Waals surface area contributed by atoms with E-state index in [0.29, 0.717) is 5.56 Å². The predicted octanol–water partition coefficient (Wildman–Crippen LogP) is 1.91. The Morgan fingerprint density at radius 3 is 2.30 bits per heavy atom. The molecule has 1 rings (SSSR count). The summed E-state index contributed by atoms with van der Waals surface area (Å²) in [6.45, 7) is 1.41. The van der Waals surface area contributed by atoms with Crippen LogP contribution in [-0.4, -0.2) is 29.0 Å². The van der Waals surface area contributed by atoms with Crippen molar-refractivity contribution in [1.29, 1.82) is 0 Å². The van der Waals surface area contributed by atoms with Gasteiger partial charge in [-0.15, -0.1) is 0 Å². The highest BCUT2D eigenvalue weighted by Crippen LogP contribution is 2.23. The monoisotopic (exact) mass is 282 g/mol. The van der Waals surface area contributed by atoms with Crippen molar-refractivity contribution in [2.75, 3.05) is 13.2 Å². The van der Waals surface area contributed by atoms with Crippen molar-refractivity contribution in [2.45, 2.75) is 19.3 Å². The Morgan fingerprint density at radius 2 is 1.85 bits per heavy atom. The topological polar surface area (TPSA) is 113 Å². The quantitative estimate of drug-likeness (QED) is 0.429. The van der Waals surface area contributed by atoms with E-state index in [0.717, 1.165) is 0 Å². The molecule has 0 saturated carbocycles. The lowest BCUT2D eigenvalue weighted by atomic mass is 9.95. The van der Waals surface area contributed by atoms with Gasteiger partial charge >= 0.3 is 5.97 Å². The molecule has 0 N–H and O–H groups in total. The van der Waals surface area contributed by atoms with Crippen LogP contribution in [0.25, 0.3) is 0 Å². The second-order valence-electron chi connectivity index (χ2n) is 4.07. The number of carbonyl (C=O) groups excluding carboxylic acids is 1. The average Bonchev–Trinajstić information content (AvgIpc) is 2.38. The van der Waals surface area contributed by atoms with Gasteiger partial charge in [0.15, 0.2) is 0 Å². The maximum absolute atomic E-state index is 11.4. The summed E-state index contributed by atoms with van der Waals surface area (Å²) in [4.78, 5) is 31.5. The van der Waals surface area contributed by atoms with E-state index < -0.39 is 28.3 Å². The van der Waals surface area contributed by atoms with E-state index >= 15 is 0 Å². The average molecular weight is 282 g/mol. The normalized spacial score (nSPS) is 11.7. The fraction of sp³-hybridized carbons (Fsp3) is 0.417. The number of esters is 1. The van der Waals surface area contributed by atoms with Gasteiger partial charge in [0.05, 0.1) is 23.9 Å². The van der Waals surface area contributed by atoms with Crippen molar-refractivity contribution in [3.05, 3.63) is 50.1 Å². The van der Waals surface area contributed by atoms with Crippen LogP contribution in [0.2, 0.25) is 0 Å². The number of ether oxygens (including phenoxy) is 1. The molecular weight excluding hydrogens is 268 g/mol. The second kappa shape index (κ2) is 7.17. The summed E-state index contributed by atoms with van der Waals surface area (Å²) in [5.74, 6) is -1.19. The van der Waals surface area contributed by atoms with Crippen molar-refractivity contribution in [3.8, 4) is 0 Å². The van der Waals surface area contributed by atoms with Crippen LogP contribution < -0.4 is 0 Å². The van der Waals surface area contributed by atoms with Crippen molar-refractivity contribution >= 4 is 11.7 Å². The molecule has 0 aromatic heterocycles. The summed E-state index contributed by atoms with van der Waals surface area (Å²) >= 11 is 0. The molecule has 0 aliphatic carbocycles. The molecule has 1 aromatic rings. The minimum atomic E-state index is -0.662. The highest BCUT2D eigenvalue weighted by Gasteiger charge is 2.22. The molecule has 0 bridgehead atoms. The fourth-order valence-corrected chi connectivity index (χ4v) is 1.76. The van der Waals surface area contributed by atoms with Crippen molar-refractivity contribution < 1.29 is 19.4 Å². The lowest BCUT2D eigenvalue weighted by Crippen LogP contribution is -2.18. The smallest absolute Gasteiger partial charge is 0.306 e. The Kier molecular flexibility index (Phi) is 5.57. The Balaban J connectivity index is 2.89. The lowest BCUT2D eigenvalue weighted by molar-refractivity contribution is -0.483. The van der Waals surface area contributed by atoms with Crippen LogP contribution in [0.1, 0.15) is 24.8 Å². The van der Waals surface area contributed by atoms with E-state index in [1.165, 1.54) is 24.3 Å². The molecule has 0 aliphatic rings. The molecule has 1 unspecified atom stereocenters. The third kappa shape index (κ3) is 4.63. The summed E-state index contributed by atoms with van der Waals surface area (Å²) in [5.41, 5.74) is 0.394. The molecule has 108 valence electrons. The number of rotatable bonds is 7. The van der Waals surface area contributed by atoms with Crippen molar-refractivity contribution in [2.24, 2.45) is 0 Å². The van der Waals surface area contributed by atoms with Crippen LogP contribution in [0.3, 0.4) is 0 Å². The lowest BCUT2D eigenvalue weighted by Gasteiger charge is -2.12. The van der Waals surface area contributed by atoms with E-state index in [1.807, 2.05) is 0 Å². The second-order valence-corrected chi connectivity index (χ2v) is 4.07. The van der Waals surface area contributed by atoms with Crippen molar-refractivity contribution in [1.82, 2.24) is 0 Å². The molecule has 8 heteroatoms. The van der Waals surface area contributed by atoms with Gasteiger partial charge < -0.3 is 4.74 Å². The first-order valence-electron chi connectivity index (χ1n) is 5.95. The van der Waals surface area contributed by atoms with Crippen LogP contribution >= 0.6 is 0 Å².